The molecule has 3 aromatic rings. The molecule has 1 aliphatic heterocycles. The van der Waals surface area contributed by atoms with Crippen molar-refractivity contribution >= 4 is 17.3 Å². The number of anilines is 2. The van der Waals surface area contributed by atoms with E-state index in [1.54, 1.807) is 39.9 Å². The molecule has 4 rings (SSSR count). The average molecular weight is 416 g/mol. The lowest BCUT2D eigenvalue weighted by atomic mass is 10.1. The first-order valence-corrected chi connectivity index (χ1v) is 9.35. The molecule has 0 saturated heterocycles. The first-order valence-electron chi connectivity index (χ1n) is 9.35. The van der Waals surface area contributed by atoms with Crippen LogP contribution in [0.25, 0.3) is 0 Å². The molecular formula is C21H19F3N4O2. The van der Waals surface area contributed by atoms with Crippen LogP contribution in [0.1, 0.15) is 29.1 Å². The van der Waals surface area contributed by atoms with Gasteiger partial charge in [0.25, 0.3) is 5.91 Å². The zero-order chi connectivity index (χ0) is 21.3. The van der Waals surface area contributed by atoms with Crippen LogP contribution in [0.5, 0.6) is 5.75 Å². The molecule has 0 unspecified atom stereocenters. The van der Waals surface area contributed by atoms with E-state index < -0.39 is 6.61 Å². The molecule has 1 aromatic heterocycles. The second-order valence-electron chi connectivity index (χ2n) is 6.96. The zero-order valence-electron chi connectivity index (χ0n) is 16.1. The van der Waals surface area contributed by atoms with Crippen LogP contribution in [0.4, 0.5) is 24.5 Å². The van der Waals surface area contributed by atoms with Crippen LogP contribution >= 0.6 is 0 Å². The van der Waals surface area contributed by atoms with Gasteiger partial charge in [0.05, 0.1) is 18.3 Å². The summed E-state index contributed by atoms with van der Waals surface area (Å²) in [7, 11) is 0. The third-order valence-electron chi connectivity index (χ3n) is 4.81. The third-order valence-corrected chi connectivity index (χ3v) is 4.81. The Hall–Kier alpha value is -3.49. The first kappa shape index (κ1) is 19.8. The molecular weight excluding hydrogens is 397 g/mol. The maximum Gasteiger partial charge on any atom is 0.387 e. The fourth-order valence-corrected chi connectivity index (χ4v) is 3.38. The SMILES string of the molecule is C[C@@H]1CN(c2ccc(F)cc2)C(=O)c2cc(CNc3ccc(OC(F)F)cc3)nn21. The molecule has 1 amide bonds. The minimum absolute atomic E-state index is 0.0534. The van der Waals surface area contributed by atoms with E-state index in [9.17, 15) is 18.0 Å². The van der Waals surface area contributed by atoms with Crippen LogP contribution in [-0.4, -0.2) is 28.8 Å². The summed E-state index contributed by atoms with van der Waals surface area (Å²) in [4.78, 5) is 14.5. The maximum atomic E-state index is 13.2. The van der Waals surface area contributed by atoms with E-state index in [1.807, 2.05) is 6.92 Å². The van der Waals surface area contributed by atoms with Gasteiger partial charge in [0.2, 0.25) is 0 Å². The number of hydrogen-bond donors (Lipinski definition) is 1. The molecule has 6 nitrogen and oxygen atoms in total. The number of alkyl halides is 2. The van der Waals surface area contributed by atoms with Gasteiger partial charge in [0, 0.05) is 17.9 Å². The molecule has 1 aliphatic rings. The number of halogens is 3. The largest absolute Gasteiger partial charge is 0.435 e. The van der Waals surface area contributed by atoms with E-state index in [1.165, 1.54) is 24.3 Å². The Kier molecular flexibility index (Phi) is 5.35. The van der Waals surface area contributed by atoms with Gasteiger partial charge in [-0.15, -0.1) is 0 Å². The van der Waals surface area contributed by atoms with Crippen LogP contribution < -0.4 is 15.0 Å². The van der Waals surface area contributed by atoms with Crippen LogP contribution in [0, 0.1) is 5.82 Å². The number of carbonyl (C=O) groups excluding carboxylic acids is 1. The molecule has 30 heavy (non-hydrogen) atoms. The third kappa shape index (κ3) is 4.10. The summed E-state index contributed by atoms with van der Waals surface area (Å²) in [6, 6.07) is 13.6. The summed E-state index contributed by atoms with van der Waals surface area (Å²) >= 11 is 0. The van der Waals surface area contributed by atoms with E-state index in [0.717, 1.165) is 0 Å². The van der Waals surface area contributed by atoms with Crippen molar-refractivity contribution in [2.75, 3.05) is 16.8 Å². The van der Waals surface area contributed by atoms with Gasteiger partial charge >= 0.3 is 6.61 Å². The predicted molar refractivity (Wildman–Crippen MR) is 105 cm³/mol. The number of nitrogens with zero attached hydrogens (tertiary/aromatic N) is 3. The predicted octanol–water partition coefficient (Wildman–Crippen LogP) is 4.46. The quantitative estimate of drug-likeness (QED) is 0.645. The number of benzene rings is 2. The van der Waals surface area contributed by atoms with Gasteiger partial charge in [-0.05, 0) is 61.5 Å². The lowest BCUT2D eigenvalue weighted by Gasteiger charge is -2.31. The minimum Gasteiger partial charge on any atom is -0.435 e. The second kappa shape index (κ2) is 8.10. The van der Waals surface area contributed by atoms with Crippen molar-refractivity contribution in [3.8, 4) is 5.75 Å². The fraction of sp³-hybridized carbons (Fsp3) is 0.238. The monoisotopic (exact) mass is 416 g/mol. The smallest absolute Gasteiger partial charge is 0.387 e. The van der Waals surface area contributed by atoms with E-state index >= 15 is 0 Å². The number of fused-ring (bicyclic) bond motifs is 1. The van der Waals surface area contributed by atoms with Gasteiger partial charge in [0.15, 0.2) is 0 Å². The molecule has 0 bridgehead atoms. The van der Waals surface area contributed by atoms with Gasteiger partial charge in [-0.2, -0.15) is 13.9 Å². The summed E-state index contributed by atoms with van der Waals surface area (Å²) in [6.45, 7) is -0.128. The normalized spacial score (nSPS) is 16.0. The highest BCUT2D eigenvalue weighted by molar-refractivity contribution is 6.05. The topological polar surface area (TPSA) is 59.4 Å². The Bertz CT molecular complexity index is 1040. The Morgan fingerprint density at radius 3 is 2.53 bits per heavy atom. The first-order chi connectivity index (χ1) is 14.4. The summed E-state index contributed by atoms with van der Waals surface area (Å²) in [5, 5.41) is 7.66. The van der Waals surface area contributed by atoms with Gasteiger partial charge in [-0.25, -0.2) is 4.39 Å². The van der Waals surface area contributed by atoms with E-state index in [-0.39, 0.29) is 23.5 Å². The Morgan fingerprint density at radius 1 is 1.17 bits per heavy atom. The van der Waals surface area contributed by atoms with Crippen LogP contribution in [-0.2, 0) is 6.54 Å². The van der Waals surface area contributed by atoms with Gasteiger partial charge in [-0.3, -0.25) is 9.48 Å². The molecule has 9 heteroatoms. The van der Waals surface area contributed by atoms with Crippen molar-refractivity contribution in [2.24, 2.45) is 0 Å². The number of ether oxygens (including phenoxy) is 1. The van der Waals surface area contributed by atoms with Gasteiger partial charge in [-0.1, -0.05) is 0 Å². The minimum atomic E-state index is -2.87. The fourth-order valence-electron chi connectivity index (χ4n) is 3.38. The van der Waals surface area contributed by atoms with Gasteiger partial charge in [0.1, 0.15) is 17.3 Å². The van der Waals surface area contributed by atoms with Crippen molar-refractivity contribution < 1.29 is 22.7 Å². The van der Waals surface area contributed by atoms with Crippen molar-refractivity contribution in [3.05, 3.63) is 71.8 Å². The van der Waals surface area contributed by atoms with E-state index in [4.69, 9.17) is 0 Å². The molecule has 2 heterocycles. The lowest BCUT2D eigenvalue weighted by Crippen LogP contribution is -2.42. The number of hydrogen-bond acceptors (Lipinski definition) is 4. The zero-order valence-corrected chi connectivity index (χ0v) is 16.1. The van der Waals surface area contributed by atoms with Crippen LogP contribution in [0.3, 0.4) is 0 Å². The highest BCUT2D eigenvalue weighted by Crippen LogP contribution is 2.27. The molecule has 1 atom stereocenters. The van der Waals surface area contributed by atoms with Crippen LogP contribution in [0.15, 0.2) is 54.6 Å². The maximum absolute atomic E-state index is 13.2. The summed E-state index contributed by atoms with van der Waals surface area (Å²) in [5.41, 5.74) is 2.45. The molecule has 156 valence electrons. The summed E-state index contributed by atoms with van der Waals surface area (Å²) in [6.07, 6.45) is 0. The second-order valence-corrected chi connectivity index (χ2v) is 6.96. The summed E-state index contributed by atoms with van der Waals surface area (Å²) in [5.74, 6) is -0.483. The van der Waals surface area contributed by atoms with E-state index in [2.05, 4.69) is 15.2 Å². The van der Waals surface area contributed by atoms with Gasteiger partial charge < -0.3 is 15.0 Å². The highest BCUT2D eigenvalue weighted by atomic mass is 19.3. The average Bonchev–Trinajstić information content (AvgIpc) is 3.16. The molecule has 0 spiro atoms. The highest BCUT2D eigenvalue weighted by Gasteiger charge is 2.31. The van der Waals surface area contributed by atoms with Crippen molar-refractivity contribution in [1.82, 2.24) is 9.78 Å². The number of amides is 1. The molecule has 0 saturated carbocycles. The molecule has 0 aliphatic carbocycles. The number of aromatic nitrogens is 2. The standard InChI is InChI=1S/C21H19F3N4O2/c1-13-12-27(17-6-2-14(22)3-7-17)20(29)19-10-16(26-28(13)19)11-25-15-4-8-18(9-5-15)30-21(23)24/h2-10,13,21,25H,11-12H2,1H3/t13-/m1/s1. The lowest BCUT2D eigenvalue weighted by molar-refractivity contribution is -0.0498. The Labute approximate surface area is 170 Å². The Morgan fingerprint density at radius 2 is 1.87 bits per heavy atom. The Balaban J connectivity index is 1.47. The molecule has 2 aromatic carbocycles. The van der Waals surface area contributed by atoms with E-state index in [0.29, 0.717) is 35.9 Å². The molecule has 1 N–H and O–H groups in total. The number of nitrogens with one attached hydrogen (secondary N) is 1. The van der Waals surface area contributed by atoms with Crippen molar-refractivity contribution in [1.29, 1.82) is 0 Å². The molecule has 0 radical (unpaired) electrons. The number of carbonyl (C=O) groups is 1. The van der Waals surface area contributed by atoms with Crippen molar-refractivity contribution in [3.63, 3.8) is 0 Å². The summed E-state index contributed by atoms with van der Waals surface area (Å²) < 4.78 is 43.7. The number of rotatable bonds is 6. The molecule has 0 fully saturated rings. The van der Waals surface area contributed by atoms with Crippen molar-refractivity contribution in [2.45, 2.75) is 26.1 Å². The van der Waals surface area contributed by atoms with Crippen LogP contribution in [0.2, 0.25) is 0 Å².